The molecular formula is C10H12N5O7P-2. The van der Waals surface area contributed by atoms with Crippen LogP contribution in [0.2, 0.25) is 0 Å². The molecule has 126 valence electrons. The first-order valence-electron chi connectivity index (χ1n) is 6.39. The molecule has 13 heteroatoms. The lowest BCUT2D eigenvalue weighted by Gasteiger charge is -2.34. The lowest BCUT2D eigenvalue weighted by molar-refractivity contribution is -0.347. The minimum atomic E-state index is -5.41. The van der Waals surface area contributed by atoms with Crippen LogP contribution < -0.4 is 15.5 Å². The fraction of sp³-hybridized carbons (Fsp3) is 0.500. The molecule has 1 fully saturated rings. The summed E-state index contributed by atoms with van der Waals surface area (Å²) >= 11 is 0. The monoisotopic (exact) mass is 345 g/mol. The van der Waals surface area contributed by atoms with Crippen molar-refractivity contribution in [3.8, 4) is 0 Å². The van der Waals surface area contributed by atoms with Crippen LogP contribution >= 0.6 is 7.82 Å². The van der Waals surface area contributed by atoms with E-state index in [2.05, 4.69) is 19.5 Å². The number of rotatable bonds is 4. The summed E-state index contributed by atoms with van der Waals surface area (Å²) in [6.07, 6.45) is -3.12. The molecule has 23 heavy (non-hydrogen) atoms. The molecule has 0 radical (unpaired) electrons. The van der Waals surface area contributed by atoms with Gasteiger partial charge in [-0.1, -0.05) is 0 Å². The lowest BCUT2D eigenvalue weighted by Crippen LogP contribution is -2.37. The maximum atomic E-state index is 10.9. The van der Waals surface area contributed by atoms with Gasteiger partial charge in [0.1, 0.15) is 30.2 Å². The molecule has 0 unspecified atom stereocenters. The van der Waals surface area contributed by atoms with E-state index in [0.717, 1.165) is 6.33 Å². The summed E-state index contributed by atoms with van der Waals surface area (Å²) in [5, 5.41) is 19.2. The van der Waals surface area contributed by atoms with E-state index < -0.39 is 39.0 Å². The van der Waals surface area contributed by atoms with Crippen LogP contribution in [0.1, 0.15) is 6.23 Å². The summed E-state index contributed by atoms with van der Waals surface area (Å²) in [5.74, 6) is 0.0850. The largest absolute Gasteiger partial charge is 0.790 e. The molecule has 2 aromatic heterocycles. The van der Waals surface area contributed by atoms with Gasteiger partial charge in [0.25, 0.3) is 0 Å². The van der Waals surface area contributed by atoms with Gasteiger partial charge in [0.2, 0.25) is 0 Å². The van der Waals surface area contributed by atoms with Crippen molar-refractivity contribution in [2.75, 3.05) is 12.3 Å². The molecule has 1 saturated heterocycles. The van der Waals surface area contributed by atoms with Crippen LogP contribution in [0.25, 0.3) is 11.2 Å². The number of hydrogen-bond donors (Lipinski definition) is 3. The van der Waals surface area contributed by atoms with E-state index in [4.69, 9.17) is 10.5 Å². The van der Waals surface area contributed by atoms with Crippen LogP contribution in [0.15, 0.2) is 12.7 Å². The van der Waals surface area contributed by atoms with Gasteiger partial charge >= 0.3 is 0 Å². The number of ether oxygens (including phenoxy) is 1. The molecule has 2 aromatic rings. The van der Waals surface area contributed by atoms with Gasteiger partial charge in [0.15, 0.2) is 17.7 Å². The smallest absolute Gasteiger partial charge is 0.167 e. The van der Waals surface area contributed by atoms with E-state index in [1.807, 2.05) is 0 Å². The molecule has 4 N–H and O–H groups in total. The number of fused-ring (bicyclic) bond motifs is 1. The third-order valence-electron chi connectivity index (χ3n) is 3.40. The van der Waals surface area contributed by atoms with Crippen molar-refractivity contribution in [1.29, 1.82) is 0 Å². The van der Waals surface area contributed by atoms with Crippen molar-refractivity contribution >= 4 is 24.8 Å². The number of aliphatic hydroxyl groups excluding tert-OH is 2. The zero-order chi connectivity index (χ0) is 16.8. The number of imidazole rings is 1. The number of hydrogen-bond acceptors (Lipinski definition) is 11. The normalized spacial score (nSPS) is 28.5. The average Bonchev–Trinajstić information content (AvgIpc) is 3.01. The fourth-order valence-electron chi connectivity index (χ4n) is 2.41. The molecule has 0 aromatic carbocycles. The van der Waals surface area contributed by atoms with Gasteiger partial charge in [-0.05, 0) is 0 Å². The number of nitrogens with zero attached hydrogens (tertiary/aromatic N) is 4. The minimum Gasteiger partial charge on any atom is -0.790 e. The molecule has 1 aliphatic rings. The highest BCUT2D eigenvalue weighted by Crippen LogP contribution is 2.40. The van der Waals surface area contributed by atoms with Crippen LogP contribution in [0.3, 0.4) is 0 Å². The molecule has 3 rings (SSSR count). The van der Waals surface area contributed by atoms with E-state index in [-0.39, 0.29) is 17.0 Å². The van der Waals surface area contributed by atoms with Gasteiger partial charge in [0.05, 0.1) is 20.8 Å². The Morgan fingerprint density at radius 3 is 2.83 bits per heavy atom. The standard InChI is InChI=1S/C10H14N5O7P/c11-8-5-9(13-2-12-8)15(3-14-5)10-7(22-23(18,19)20)6(17)4(1-16)21-10/h2-4,6-7,10,16-17H,1H2,(H2,11,12,13)(H2,18,19,20)/p-2/t4-,6+,7-,10-/m0/s1. The van der Waals surface area contributed by atoms with Crippen molar-refractivity contribution in [1.82, 2.24) is 19.5 Å². The van der Waals surface area contributed by atoms with Crippen molar-refractivity contribution in [3.05, 3.63) is 12.7 Å². The molecule has 3 heterocycles. The predicted octanol–water partition coefficient (Wildman–Crippen LogP) is -3.13. The van der Waals surface area contributed by atoms with Gasteiger partial charge in [-0.15, -0.1) is 0 Å². The fourth-order valence-corrected chi connectivity index (χ4v) is 2.94. The summed E-state index contributed by atoms with van der Waals surface area (Å²) < 4.78 is 21.9. The molecular weight excluding hydrogens is 333 g/mol. The summed E-state index contributed by atoms with van der Waals surface area (Å²) in [5.41, 5.74) is 6.07. The van der Waals surface area contributed by atoms with E-state index >= 15 is 0 Å². The second-order valence-electron chi connectivity index (χ2n) is 4.84. The van der Waals surface area contributed by atoms with Crippen LogP contribution in [-0.2, 0) is 13.8 Å². The van der Waals surface area contributed by atoms with Gasteiger partial charge in [0, 0.05) is 0 Å². The van der Waals surface area contributed by atoms with E-state index in [1.54, 1.807) is 0 Å². The maximum Gasteiger partial charge on any atom is 0.167 e. The molecule has 1 aliphatic heterocycles. The van der Waals surface area contributed by atoms with Crippen molar-refractivity contribution in [2.45, 2.75) is 24.5 Å². The Hall–Kier alpha value is -1.66. The Morgan fingerprint density at radius 1 is 1.43 bits per heavy atom. The van der Waals surface area contributed by atoms with Crippen LogP contribution in [-0.4, -0.2) is 54.7 Å². The topological polar surface area (TPSA) is 192 Å². The van der Waals surface area contributed by atoms with Gasteiger partial charge in [-0.2, -0.15) is 0 Å². The molecule has 4 atom stereocenters. The highest BCUT2D eigenvalue weighted by molar-refractivity contribution is 7.43. The third-order valence-corrected chi connectivity index (χ3v) is 3.91. The van der Waals surface area contributed by atoms with Crippen molar-refractivity contribution in [3.63, 3.8) is 0 Å². The van der Waals surface area contributed by atoms with Gasteiger partial charge < -0.3 is 39.6 Å². The van der Waals surface area contributed by atoms with Gasteiger partial charge in [-0.25, -0.2) is 15.0 Å². The van der Waals surface area contributed by atoms with Crippen molar-refractivity contribution < 1.29 is 33.8 Å². The lowest BCUT2D eigenvalue weighted by atomic mass is 10.1. The number of nitrogen functional groups attached to an aromatic ring is 1. The number of phosphoric acid groups is 1. The Morgan fingerprint density at radius 2 is 2.17 bits per heavy atom. The summed E-state index contributed by atoms with van der Waals surface area (Å²) in [7, 11) is -5.41. The van der Waals surface area contributed by atoms with Crippen LogP contribution in [0, 0.1) is 0 Å². The molecule has 12 nitrogen and oxygen atoms in total. The first-order chi connectivity index (χ1) is 10.8. The Bertz CT molecular complexity index is 763. The van der Waals surface area contributed by atoms with Crippen LogP contribution in [0.4, 0.5) is 5.82 Å². The third kappa shape index (κ3) is 2.93. The van der Waals surface area contributed by atoms with E-state index in [9.17, 15) is 24.6 Å². The molecule has 0 amide bonds. The van der Waals surface area contributed by atoms with Crippen LogP contribution in [0.5, 0.6) is 0 Å². The Balaban J connectivity index is 2.04. The Labute approximate surface area is 128 Å². The minimum absolute atomic E-state index is 0.0850. The number of phosphoric ester groups is 1. The number of anilines is 1. The molecule has 0 aliphatic carbocycles. The second kappa shape index (κ2) is 5.76. The number of aliphatic hydroxyl groups is 2. The number of aromatic nitrogens is 4. The molecule has 0 spiro atoms. The number of nitrogens with two attached hydrogens (primary N) is 1. The van der Waals surface area contributed by atoms with Gasteiger partial charge in [-0.3, -0.25) is 4.57 Å². The summed E-state index contributed by atoms with van der Waals surface area (Å²) in [4.78, 5) is 33.5. The highest BCUT2D eigenvalue weighted by atomic mass is 31.2. The Kier molecular flexibility index (Phi) is 4.06. The average molecular weight is 345 g/mol. The zero-order valence-corrected chi connectivity index (χ0v) is 12.3. The first-order valence-corrected chi connectivity index (χ1v) is 7.85. The molecule has 0 bridgehead atoms. The highest BCUT2D eigenvalue weighted by Gasteiger charge is 2.46. The SMILES string of the molecule is Nc1ncnc2c1ncn2[C@H]1O[C@@H](CO)[C@@H](O)[C@@H]1OP(=O)([O-])[O-]. The van der Waals surface area contributed by atoms with E-state index in [0.29, 0.717) is 0 Å². The first kappa shape index (κ1) is 16.2. The summed E-state index contributed by atoms with van der Waals surface area (Å²) in [6, 6.07) is 0. The van der Waals surface area contributed by atoms with Crippen molar-refractivity contribution in [2.24, 2.45) is 0 Å². The predicted molar refractivity (Wildman–Crippen MR) is 69.2 cm³/mol. The zero-order valence-electron chi connectivity index (χ0n) is 11.4. The summed E-state index contributed by atoms with van der Waals surface area (Å²) in [6.45, 7) is -0.608. The van der Waals surface area contributed by atoms with E-state index in [1.165, 1.54) is 10.9 Å². The quantitative estimate of drug-likeness (QED) is 0.474. The molecule has 0 saturated carbocycles. The maximum absolute atomic E-state index is 10.9. The second-order valence-corrected chi connectivity index (χ2v) is 5.94.